The van der Waals surface area contributed by atoms with Crippen LogP contribution in [0.5, 0.6) is 0 Å². The van der Waals surface area contributed by atoms with Crippen molar-refractivity contribution in [2.24, 2.45) is 0 Å². The maximum Gasteiger partial charge on any atom is 0.260 e. The maximum absolute atomic E-state index is 5.74. The Kier molecular flexibility index (Phi) is 1.77. The number of hydrogen-bond acceptors (Lipinski definition) is 3. The Morgan fingerprint density at radius 2 is 1.89 bits per heavy atom. The standard InChI is InChI=1S/C13H9N4O/c1-2-4-13-9(3-1)8-17(18-13)10-5-6-11-12(7-10)15-16-14-11/h1-8H,(H,14,15,16)/q+1. The highest BCUT2D eigenvalue weighted by Crippen LogP contribution is 2.14. The van der Waals surface area contributed by atoms with Gasteiger partial charge in [-0.25, -0.2) is 4.52 Å². The van der Waals surface area contributed by atoms with E-state index in [1.54, 1.807) is 4.74 Å². The highest BCUT2D eigenvalue weighted by Gasteiger charge is 2.15. The van der Waals surface area contributed by atoms with Gasteiger partial charge in [0.2, 0.25) is 11.8 Å². The molecule has 0 aliphatic heterocycles. The number of nitrogens with zero attached hydrogens (tertiary/aromatic N) is 3. The Labute approximate surface area is 102 Å². The minimum absolute atomic E-state index is 0.820. The molecule has 4 rings (SSSR count). The van der Waals surface area contributed by atoms with Crippen LogP contribution in [0, 0.1) is 0 Å². The highest BCUT2D eigenvalue weighted by molar-refractivity contribution is 5.76. The summed E-state index contributed by atoms with van der Waals surface area (Å²) in [4.78, 5) is 0. The molecule has 4 aromatic rings. The van der Waals surface area contributed by atoms with Crippen LogP contribution in [-0.2, 0) is 0 Å². The molecule has 5 nitrogen and oxygen atoms in total. The number of nitrogens with one attached hydrogen (secondary N) is 1. The molecule has 0 saturated carbocycles. The first kappa shape index (κ1) is 9.35. The van der Waals surface area contributed by atoms with Crippen LogP contribution >= 0.6 is 0 Å². The Bertz CT molecular complexity index is 813. The Hall–Kier alpha value is -2.69. The zero-order valence-corrected chi connectivity index (χ0v) is 9.37. The average Bonchev–Trinajstić information content (AvgIpc) is 3.04. The molecule has 0 fully saturated rings. The van der Waals surface area contributed by atoms with Gasteiger partial charge in [-0.1, -0.05) is 12.1 Å². The molecule has 86 valence electrons. The molecule has 0 bridgehead atoms. The third-order valence-electron chi connectivity index (χ3n) is 2.93. The summed E-state index contributed by atoms with van der Waals surface area (Å²) in [5, 5.41) is 11.8. The van der Waals surface area contributed by atoms with Gasteiger partial charge in [-0.05, 0) is 18.2 Å². The molecule has 0 amide bonds. The van der Waals surface area contributed by atoms with E-state index in [0.717, 1.165) is 27.7 Å². The Morgan fingerprint density at radius 3 is 2.83 bits per heavy atom. The van der Waals surface area contributed by atoms with Crippen molar-refractivity contribution >= 4 is 22.0 Å². The second kappa shape index (κ2) is 3.40. The number of hydrogen-bond donors (Lipinski definition) is 1. The van der Waals surface area contributed by atoms with Gasteiger partial charge in [0.1, 0.15) is 11.0 Å². The quantitative estimate of drug-likeness (QED) is 0.515. The number of fused-ring (bicyclic) bond motifs is 2. The molecule has 2 aromatic heterocycles. The zero-order chi connectivity index (χ0) is 11.9. The first-order chi connectivity index (χ1) is 8.90. The van der Waals surface area contributed by atoms with E-state index in [0.29, 0.717) is 0 Å². The summed E-state index contributed by atoms with van der Waals surface area (Å²) in [6, 6.07) is 13.7. The molecule has 2 heterocycles. The van der Waals surface area contributed by atoms with Crippen molar-refractivity contribution in [3.05, 3.63) is 48.7 Å². The lowest BCUT2D eigenvalue weighted by molar-refractivity contribution is -0.779. The zero-order valence-electron chi connectivity index (χ0n) is 9.37. The summed E-state index contributed by atoms with van der Waals surface area (Å²) >= 11 is 0. The lowest BCUT2D eigenvalue weighted by Crippen LogP contribution is -2.26. The van der Waals surface area contributed by atoms with Crippen molar-refractivity contribution in [1.29, 1.82) is 0 Å². The van der Waals surface area contributed by atoms with Crippen LogP contribution < -0.4 is 4.74 Å². The van der Waals surface area contributed by atoms with Crippen LogP contribution in [0.15, 0.2) is 53.2 Å². The van der Waals surface area contributed by atoms with E-state index in [-0.39, 0.29) is 0 Å². The van der Waals surface area contributed by atoms with Crippen molar-refractivity contribution in [2.45, 2.75) is 0 Å². The molecule has 0 unspecified atom stereocenters. The number of H-pyrrole nitrogens is 1. The van der Waals surface area contributed by atoms with Gasteiger partial charge < -0.3 is 0 Å². The van der Waals surface area contributed by atoms with Crippen LogP contribution in [0.2, 0.25) is 0 Å². The van der Waals surface area contributed by atoms with Gasteiger partial charge >= 0.3 is 0 Å². The molecule has 1 N–H and O–H groups in total. The van der Waals surface area contributed by atoms with Gasteiger partial charge in [-0.2, -0.15) is 15.4 Å². The molecular weight excluding hydrogens is 228 g/mol. The monoisotopic (exact) mass is 237 g/mol. The number of aromatic nitrogens is 4. The summed E-state index contributed by atoms with van der Waals surface area (Å²) in [5.41, 5.74) is 3.45. The molecule has 0 aliphatic rings. The summed E-state index contributed by atoms with van der Waals surface area (Å²) in [7, 11) is 0. The minimum atomic E-state index is 0.820. The van der Waals surface area contributed by atoms with Crippen LogP contribution in [0.25, 0.3) is 27.7 Å². The van der Waals surface area contributed by atoms with Crippen molar-refractivity contribution < 1.29 is 9.26 Å². The van der Waals surface area contributed by atoms with Crippen LogP contribution in [0.3, 0.4) is 0 Å². The predicted octanol–water partition coefficient (Wildman–Crippen LogP) is 1.98. The van der Waals surface area contributed by atoms with E-state index in [1.807, 2.05) is 48.7 Å². The fourth-order valence-electron chi connectivity index (χ4n) is 2.02. The molecule has 2 aromatic carbocycles. The first-order valence-electron chi connectivity index (χ1n) is 5.62. The molecule has 0 radical (unpaired) electrons. The second-order valence-electron chi connectivity index (χ2n) is 4.08. The fourth-order valence-corrected chi connectivity index (χ4v) is 2.02. The summed E-state index contributed by atoms with van der Waals surface area (Å²) in [6.07, 6.45) is 1.95. The van der Waals surface area contributed by atoms with Gasteiger partial charge in [0.05, 0.1) is 5.39 Å². The van der Waals surface area contributed by atoms with E-state index in [1.165, 1.54) is 0 Å². The van der Waals surface area contributed by atoms with Gasteiger partial charge in [-0.3, -0.25) is 0 Å². The number of rotatable bonds is 1. The summed E-state index contributed by atoms with van der Waals surface area (Å²) in [5.74, 6) is 0. The highest BCUT2D eigenvalue weighted by atomic mass is 16.5. The van der Waals surface area contributed by atoms with Crippen molar-refractivity contribution in [2.75, 3.05) is 0 Å². The third-order valence-corrected chi connectivity index (χ3v) is 2.93. The van der Waals surface area contributed by atoms with Crippen molar-refractivity contribution in [1.82, 2.24) is 15.4 Å². The van der Waals surface area contributed by atoms with Gasteiger partial charge in [0.15, 0.2) is 0 Å². The SMILES string of the molecule is c1ccc2o[n+](-c3ccc4n[nH]nc4c3)cc2c1. The molecule has 0 atom stereocenters. The van der Waals surface area contributed by atoms with E-state index >= 15 is 0 Å². The second-order valence-corrected chi connectivity index (χ2v) is 4.08. The summed E-state index contributed by atoms with van der Waals surface area (Å²) in [6.45, 7) is 0. The largest absolute Gasteiger partial charge is 0.260 e. The molecular formula is C13H9N4O+. The van der Waals surface area contributed by atoms with Crippen molar-refractivity contribution in [3.63, 3.8) is 0 Å². The molecule has 0 aliphatic carbocycles. The average molecular weight is 237 g/mol. The van der Waals surface area contributed by atoms with E-state index in [4.69, 9.17) is 4.52 Å². The van der Waals surface area contributed by atoms with Gasteiger partial charge in [0, 0.05) is 16.9 Å². The normalized spacial score (nSPS) is 11.3. The van der Waals surface area contributed by atoms with E-state index in [2.05, 4.69) is 15.4 Å². The molecule has 5 heteroatoms. The molecule has 0 spiro atoms. The number of para-hydroxylation sites is 1. The van der Waals surface area contributed by atoms with E-state index < -0.39 is 0 Å². The lowest BCUT2D eigenvalue weighted by atomic mass is 10.2. The van der Waals surface area contributed by atoms with Crippen LogP contribution in [0.1, 0.15) is 0 Å². The predicted molar refractivity (Wildman–Crippen MR) is 65.2 cm³/mol. The van der Waals surface area contributed by atoms with Gasteiger partial charge in [-0.15, -0.1) is 0 Å². The first-order valence-corrected chi connectivity index (χ1v) is 5.62. The van der Waals surface area contributed by atoms with Gasteiger partial charge in [0.25, 0.3) is 5.69 Å². The number of aromatic amines is 1. The lowest BCUT2D eigenvalue weighted by Gasteiger charge is -1.87. The third kappa shape index (κ3) is 1.31. The molecule has 0 saturated heterocycles. The molecule has 18 heavy (non-hydrogen) atoms. The van der Waals surface area contributed by atoms with Crippen molar-refractivity contribution in [3.8, 4) is 5.69 Å². The minimum Gasteiger partial charge on any atom is -0.230 e. The smallest absolute Gasteiger partial charge is 0.230 e. The van der Waals surface area contributed by atoms with Crippen LogP contribution in [0.4, 0.5) is 0 Å². The Balaban J connectivity index is 1.94. The van der Waals surface area contributed by atoms with Crippen LogP contribution in [-0.4, -0.2) is 15.4 Å². The summed E-state index contributed by atoms with van der Waals surface area (Å²) < 4.78 is 7.47. The Morgan fingerprint density at radius 1 is 1.00 bits per heavy atom. The fraction of sp³-hybridized carbons (Fsp3) is 0. The number of benzene rings is 2. The maximum atomic E-state index is 5.74. The topological polar surface area (TPSA) is 58.6 Å². The van der Waals surface area contributed by atoms with E-state index in [9.17, 15) is 0 Å².